The van der Waals surface area contributed by atoms with Gasteiger partial charge in [0.05, 0.1) is 0 Å². The Hall–Kier alpha value is 0.210. The maximum atomic E-state index is 8.47. The van der Waals surface area contributed by atoms with Crippen LogP contribution >= 0.6 is 11.8 Å². The molecule has 1 aliphatic rings. The molecule has 8 heavy (non-hydrogen) atoms. The molecule has 1 aliphatic carbocycles. The lowest BCUT2D eigenvalue weighted by atomic mass is 10.2. The van der Waals surface area contributed by atoms with Crippen LogP contribution in [-0.2, 0) is 0 Å². The summed E-state index contributed by atoms with van der Waals surface area (Å²) in [6, 6.07) is 0. The molecule has 0 heterocycles. The molecule has 2 N–H and O–H groups in total. The number of nitrogens with one attached hydrogen (secondary N) is 1. The third-order valence-electron chi connectivity index (χ3n) is 1.64. The molecule has 0 unspecified atom stereocenters. The van der Waals surface area contributed by atoms with Crippen LogP contribution in [0.3, 0.4) is 0 Å². The lowest BCUT2D eigenvalue weighted by Gasteiger charge is -2.07. The topological polar surface area (TPSA) is 32.3 Å². The van der Waals surface area contributed by atoms with Gasteiger partial charge in [-0.3, -0.25) is 0 Å². The van der Waals surface area contributed by atoms with Crippen molar-refractivity contribution in [1.29, 1.82) is 0 Å². The van der Waals surface area contributed by atoms with Crippen molar-refractivity contribution in [2.24, 2.45) is 0 Å². The van der Waals surface area contributed by atoms with Gasteiger partial charge in [0.15, 0.2) is 0 Å². The average Bonchev–Trinajstić information content (AvgIpc) is 2.50. The predicted octanol–water partition coefficient (Wildman–Crippen LogP) is 0.645. The van der Waals surface area contributed by atoms with Crippen LogP contribution in [0.4, 0.5) is 0 Å². The summed E-state index contributed by atoms with van der Waals surface area (Å²) in [5, 5.41) is 8.47. The van der Waals surface area contributed by atoms with E-state index < -0.39 is 0 Å². The van der Waals surface area contributed by atoms with Gasteiger partial charge in [0.25, 0.3) is 0 Å². The van der Waals surface area contributed by atoms with E-state index in [1.807, 2.05) is 0 Å². The van der Waals surface area contributed by atoms with Crippen LogP contribution in [-0.4, -0.2) is 17.3 Å². The monoisotopic (exact) mass is 135 g/mol. The van der Waals surface area contributed by atoms with Crippen molar-refractivity contribution in [3.05, 3.63) is 0 Å². The molecule has 1 fully saturated rings. The molecule has 2 nitrogen and oxygen atoms in total. The van der Waals surface area contributed by atoms with E-state index in [-0.39, 0.29) is 12.1 Å². The minimum atomic E-state index is 0.107. The fourth-order valence-electron chi connectivity index (χ4n) is 0.757. The summed E-state index contributed by atoms with van der Waals surface area (Å²) in [5.74, 6) is 0. The molecular weight excluding hydrogens is 126 g/mol. The van der Waals surface area contributed by atoms with Crippen molar-refractivity contribution >= 4 is 11.8 Å². The Labute approximate surface area is 54.0 Å². The Morgan fingerprint density at radius 3 is 2.38 bits per heavy atom. The molecule has 0 atom stereocenters. The van der Waals surface area contributed by atoms with Crippen LogP contribution in [0.15, 0.2) is 0 Å². The average molecular weight is 136 g/mol. The quantitative estimate of drug-likeness (QED) is 0.557. The van der Waals surface area contributed by atoms with Crippen molar-refractivity contribution < 1.29 is 5.11 Å². The highest BCUT2D eigenvalue weighted by molar-refractivity contribution is 6.14. The van der Waals surface area contributed by atoms with Gasteiger partial charge in [-0.2, -0.15) is 0 Å². The highest BCUT2D eigenvalue weighted by Gasteiger charge is 2.41. The fourth-order valence-corrected chi connectivity index (χ4v) is 1.04. The lowest BCUT2D eigenvalue weighted by molar-refractivity contribution is 0.267. The van der Waals surface area contributed by atoms with Crippen LogP contribution in [0.25, 0.3) is 0 Å². The summed E-state index contributed by atoms with van der Waals surface area (Å²) in [4.78, 5) is 2.67. The zero-order valence-electron chi connectivity index (χ0n) is 4.65. The summed E-state index contributed by atoms with van der Waals surface area (Å²) in [6.45, 7) is 0.236. The van der Waals surface area contributed by atoms with E-state index in [1.54, 1.807) is 0 Å². The first-order chi connectivity index (χ1) is 3.83. The molecule has 3 heteroatoms. The van der Waals surface area contributed by atoms with E-state index in [2.05, 4.69) is 4.84 Å². The zero-order valence-corrected chi connectivity index (χ0v) is 5.41. The van der Waals surface area contributed by atoms with Crippen LogP contribution < -0.4 is 4.84 Å². The van der Waals surface area contributed by atoms with Crippen molar-refractivity contribution in [3.8, 4) is 0 Å². The molecule has 0 spiro atoms. The molecule has 0 aromatic heterocycles. The van der Waals surface area contributed by atoms with Crippen molar-refractivity contribution in [2.75, 3.05) is 6.61 Å². The van der Waals surface area contributed by atoms with Crippen LogP contribution in [0, 0.1) is 0 Å². The standard InChI is InChI=1S/C5H10ClNO/c6-7-5(1-2-5)3-4-8/h7-8H,1-4H2. The van der Waals surface area contributed by atoms with Crippen LogP contribution in [0.1, 0.15) is 19.3 Å². The minimum absolute atomic E-state index is 0.107. The Bertz CT molecular complexity index is 82.5. The second-order valence-electron chi connectivity index (χ2n) is 2.35. The van der Waals surface area contributed by atoms with E-state index in [9.17, 15) is 0 Å². The molecule has 0 radical (unpaired) electrons. The molecule has 0 bridgehead atoms. The summed E-state index contributed by atoms with van der Waals surface area (Å²) >= 11 is 5.37. The Morgan fingerprint density at radius 1 is 1.62 bits per heavy atom. The Kier molecular flexibility index (Phi) is 1.75. The number of hydrogen-bond donors (Lipinski definition) is 2. The maximum absolute atomic E-state index is 8.47. The third kappa shape index (κ3) is 1.13. The van der Waals surface area contributed by atoms with Crippen molar-refractivity contribution in [3.63, 3.8) is 0 Å². The normalized spacial score (nSPS) is 23.2. The molecule has 0 saturated heterocycles. The number of hydrogen-bond acceptors (Lipinski definition) is 2. The maximum Gasteiger partial charge on any atom is 0.0449 e. The largest absolute Gasteiger partial charge is 0.396 e. The number of rotatable bonds is 3. The Balaban J connectivity index is 2.20. The van der Waals surface area contributed by atoms with E-state index in [0.29, 0.717) is 0 Å². The molecule has 1 rings (SSSR count). The van der Waals surface area contributed by atoms with Crippen molar-refractivity contribution in [1.82, 2.24) is 4.84 Å². The van der Waals surface area contributed by atoms with Gasteiger partial charge in [-0.25, -0.2) is 4.84 Å². The van der Waals surface area contributed by atoms with Gasteiger partial charge in [-0.15, -0.1) is 0 Å². The first kappa shape index (κ1) is 6.33. The number of aliphatic hydroxyl groups excluding tert-OH is 1. The first-order valence-electron chi connectivity index (χ1n) is 2.82. The first-order valence-corrected chi connectivity index (χ1v) is 3.19. The zero-order chi connectivity index (χ0) is 6.04. The van der Waals surface area contributed by atoms with E-state index >= 15 is 0 Å². The second kappa shape index (κ2) is 2.21. The second-order valence-corrected chi connectivity index (χ2v) is 2.54. The van der Waals surface area contributed by atoms with Gasteiger partial charge in [0.1, 0.15) is 0 Å². The molecule has 0 aromatic carbocycles. The van der Waals surface area contributed by atoms with E-state index in [1.165, 1.54) is 0 Å². The minimum Gasteiger partial charge on any atom is -0.396 e. The predicted molar refractivity (Wildman–Crippen MR) is 32.7 cm³/mol. The highest BCUT2D eigenvalue weighted by Crippen LogP contribution is 2.38. The van der Waals surface area contributed by atoms with Gasteiger partial charge in [-0.05, 0) is 31.0 Å². The highest BCUT2D eigenvalue weighted by atomic mass is 35.5. The molecule has 48 valence electrons. The van der Waals surface area contributed by atoms with Gasteiger partial charge < -0.3 is 5.11 Å². The lowest BCUT2D eigenvalue weighted by Crippen LogP contribution is -2.23. The van der Waals surface area contributed by atoms with Gasteiger partial charge in [0, 0.05) is 12.1 Å². The summed E-state index contributed by atoms with van der Waals surface area (Å²) in [7, 11) is 0. The molecular formula is C5H10ClNO. The van der Waals surface area contributed by atoms with Crippen LogP contribution in [0.5, 0.6) is 0 Å². The SMILES string of the molecule is OCCC1(NCl)CC1. The third-order valence-corrected chi connectivity index (χ3v) is 2.05. The molecule has 0 amide bonds. The van der Waals surface area contributed by atoms with Gasteiger partial charge in [0.2, 0.25) is 0 Å². The molecule has 0 aliphatic heterocycles. The van der Waals surface area contributed by atoms with Crippen LogP contribution in [0.2, 0.25) is 0 Å². The van der Waals surface area contributed by atoms with E-state index in [0.717, 1.165) is 19.3 Å². The fraction of sp³-hybridized carbons (Fsp3) is 1.00. The molecule has 1 saturated carbocycles. The summed E-state index contributed by atoms with van der Waals surface area (Å²) in [6.07, 6.45) is 3.00. The van der Waals surface area contributed by atoms with Gasteiger partial charge in [-0.1, -0.05) is 0 Å². The van der Waals surface area contributed by atoms with Crippen molar-refractivity contribution in [2.45, 2.75) is 24.8 Å². The summed E-state index contributed by atoms with van der Waals surface area (Å²) in [5.41, 5.74) is 0.107. The summed E-state index contributed by atoms with van der Waals surface area (Å²) < 4.78 is 0. The number of halogens is 1. The smallest absolute Gasteiger partial charge is 0.0449 e. The van der Waals surface area contributed by atoms with E-state index in [4.69, 9.17) is 16.9 Å². The Morgan fingerprint density at radius 2 is 2.25 bits per heavy atom. The van der Waals surface area contributed by atoms with Gasteiger partial charge >= 0.3 is 0 Å². The molecule has 0 aromatic rings. The number of aliphatic hydroxyl groups is 1.